The highest BCUT2D eigenvalue weighted by molar-refractivity contribution is 8.15. The summed E-state index contributed by atoms with van der Waals surface area (Å²) in [6, 6.07) is 5.67. The van der Waals surface area contributed by atoms with Gasteiger partial charge >= 0.3 is 0 Å². The van der Waals surface area contributed by atoms with Crippen molar-refractivity contribution in [2.24, 2.45) is 16.8 Å². The van der Waals surface area contributed by atoms with Crippen LogP contribution in [0.25, 0.3) is 0 Å². The zero-order valence-corrected chi connectivity index (χ0v) is 19.2. The number of thioether (sulfide) groups is 1. The van der Waals surface area contributed by atoms with Crippen LogP contribution >= 0.6 is 11.8 Å². The first-order valence-electron chi connectivity index (χ1n) is 10.5. The predicted molar refractivity (Wildman–Crippen MR) is 119 cm³/mol. The lowest BCUT2D eigenvalue weighted by Crippen LogP contribution is -2.53. The fraction of sp³-hybridized carbons (Fsp3) is 0.391. The number of methoxy groups -OCH3 is 1. The molecule has 2 heterocycles. The quantitative estimate of drug-likeness (QED) is 0.704. The minimum atomic E-state index is -1.28. The van der Waals surface area contributed by atoms with Crippen LogP contribution in [0.3, 0.4) is 0 Å². The van der Waals surface area contributed by atoms with E-state index < -0.39 is 40.3 Å². The van der Waals surface area contributed by atoms with Crippen LogP contribution in [0.15, 0.2) is 35.4 Å². The van der Waals surface area contributed by atoms with Gasteiger partial charge in [-0.05, 0) is 62.7 Å². The molecule has 33 heavy (non-hydrogen) atoms. The second-order valence-corrected chi connectivity index (χ2v) is 9.25. The second-order valence-electron chi connectivity index (χ2n) is 8.04. The molecule has 6 nitrogen and oxygen atoms in total. The number of rotatable bonds is 5. The number of benzene rings is 2. The average Bonchev–Trinajstić information content (AvgIpc) is 3.17. The van der Waals surface area contributed by atoms with Crippen LogP contribution < -0.4 is 10.5 Å². The highest BCUT2D eigenvalue weighted by atomic mass is 32.2. The number of nitrogens with zero attached hydrogens (tertiary/aromatic N) is 2. The van der Waals surface area contributed by atoms with Crippen molar-refractivity contribution in [2.75, 3.05) is 20.3 Å². The van der Waals surface area contributed by atoms with Crippen molar-refractivity contribution in [3.8, 4) is 5.75 Å². The van der Waals surface area contributed by atoms with Crippen molar-refractivity contribution in [3.63, 3.8) is 0 Å². The van der Waals surface area contributed by atoms with Gasteiger partial charge in [-0.15, -0.1) is 0 Å². The van der Waals surface area contributed by atoms with Crippen LogP contribution in [-0.2, 0) is 14.4 Å². The molecule has 0 aromatic heterocycles. The van der Waals surface area contributed by atoms with Crippen LogP contribution in [0.5, 0.6) is 5.75 Å². The number of hydrogen-bond acceptors (Lipinski definition) is 6. The maximum absolute atomic E-state index is 14.7. The van der Waals surface area contributed by atoms with Crippen molar-refractivity contribution in [1.82, 2.24) is 5.01 Å². The lowest BCUT2D eigenvalue weighted by Gasteiger charge is -2.46. The Hall–Kier alpha value is -2.56. The molecule has 0 saturated carbocycles. The number of aryl methyl sites for hydroxylation is 1. The Bertz CT molecular complexity index is 1130. The van der Waals surface area contributed by atoms with Gasteiger partial charge in [-0.2, -0.15) is 5.10 Å². The second kappa shape index (κ2) is 9.00. The molecule has 176 valence electrons. The lowest BCUT2D eigenvalue weighted by atomic mass is 9.85. The van der Waals surface area contributed by atoms with Gasteiger partial charge in [0.05, 0.1) is 6.61 Å². The van der Waals surface area contributed by atoms with E-state index in [1.807, 2.05) is 0 Å². The molecule has 4 rings (SSSR count). The molecule has 0 radical (unpaired) electrons. The molecule has 10 heteroatoms. The van der Waals surface area contributed by atoms with Crippen LogP contribution in [0, 0.1) is 30.3 Å². The normalized spacial score (nSPS) is 22.7. The highest BCUT2D eigenvalue weighted by Gasteiger charge is 2.58. The van der Waals surface area contributed by atoms with E-state index in [0.29, 0.717) is 23.3 Å². The summed E-state index contributed by atoms with van der Waals surface area (Å²) >= 11 is 1.07. The minimum absolute atomic E-state index is 0.0904. The van der Waals surface area contributed by atoms with Gasteiger partial charge in [-0.1, -0.05) is 11.8 Å². The number of hydrazone groups is 1. The number of halogens is 3. The van der Waals surface area contributed by atoms with E-state index in [0.717, 1.165) is 30.0 Å². The zero-order valence-electron chi connectivity index (χ0n) is 18.4. The van der Waals surface area contributed by atoms with Gasteiger partial charge in [0.15, 0.2) is 4.87 Å². The molecule has 1 amide bonds. The number of amides is 1. The molecule has 2 N–H and O–H groups in total. The van der Waals surface area contributed by atoms with Gasteiger partial charge in [-0.25, -0.2) is 18.2 Å². The first kappa shape index (κ1) is 23.6. The summed E-state index contributed by atoms with van der Waals surface area (Å²) in [5, 5.41) is 5.77. The van der Waals surface area contributed by atoms with Gasteiger partial charge in [0.1, 0.15) is 34.3 Å². The number of hydrogen-bond donors (Lipinski definition) is 1. The molecule has 1 spiro atoms. The van der Waals surface area contributed by atoms with Crippen molar-refractivity contribution in [2.45, 2.75) is 31.2 Å². The van der Waals surface area contributed by atoms with E-state index in [9.17, 15) is 18.0 Å². The number of carbonyl (C=O) groups excluding carboxylic acids is 1. The average molecular weight is 480 g/mol. The number of nitrogens with two attached hydrogens (primary N) is 1. The van der Waals surface area contributed by atoms with Crippen molar-refractivity contribution < 1.29 is 27.4 Å². The van der Waals surface area contributed by atoms with E-state index in [1.165, 1.54) is 24.3 Å². The van der Waals surface area contributed by atoms with E-state index in [4.69, 9.17) is 15.2 Å². The predicted octanol–water partition coefficient (Wildman–Crippen LogP) is 3.89. The molecule has 0 fully saturated rings. The van der Waals surface area contributed by atoms with Gasteiger partial charge in [0.2, 0.25) is 0 Å². The molecule has 2 aromatic carbocycles. The molecule has 0 aliphatic carbocycles. The van der Waals surface area contributed by atoms with Gasteiger partial charge in [0, 0.05) is 24.2 Å². The third-order valence-electron chi connectivity index (χ3n) is 5.95. The third kappa shape index (κ3) is 3.89. The number of carbonyl (C=O) groups is 1. The van der Waals surface area contributed by atoms with Crippen LogP contribution in [0.1, 0.15) is 30.0 Å². The first-order chi connectivity index (χ1) is 15.7. The SMILES string of the molecule is CO[C@@H](C)C(=O)N1N=C(c2cc(F)ccc2F)S[C@@]12c1cc(F)cc(C)c1OC[C@H]2CCN. The van der Waals surface area contributed by atoms with Crippen molar-refractivity contribution in [3.05, 3.63) is 64.5 Å². The Labute approximate surface area is 193 Å². The lowest BCUT2D eigenvalue weighted by molar-refractivity contribution is -0.147. The summed E-state index contributed by atoms with van der Waals surface area (Å²) < 4.78 is 54.5. The maximum atomic E-state index is 14.7. The molecule has 0 unspecified atom stereocenters. The van der Waals surface area contributed by atoms with Crippen LogP contribution in [0.4, 0.5) is 13.2 Å². The summed E-state index contributed by atoms with van der Waals surface area (Å²) in [7, 11) is 1.38. The van der Waals surface area contributed by atoms with Gasteiger partial charge in [-0.3, -0.25) is 4.79 Å². The third-order valence-corrected chi connectivity index (χ3v) is 7.48. The molecular formula is C23H24F3N3O3S. The Balaban J connectivity index is 1.97. The Morgan fingerprint density at radius 1 is 1.33 bits per heavy atom. The van der Waals surface area contributed by atoms with E-state index in [1.54, 1.807) is 13.8 Å². The minimum Gasteiger partial charge on any atom is -0.492 e. The zero-order chi connectivity index (χ0) is 23.9. The monoisotopic (exact) mass is 479 g/mol. The maximum Gasteiger partial charge on any atom is 0.273 e. The topological polar surface area (TPSA) is 77.1 Å². The molecule has 2 aliphatic heterocycles. The Morgan fingerprint density at radius 3 is 2.79 bits per heavy atom. The van der Waals surface area contributed by atoms with E-state index in [2.05, 4.69) is 5.10 Å². The summed E-state index contributed by atoms with van der Waals surface area (Å²) in [6.07, 6.45) is -0.468. The number of fused-ring (bicyclic) bond motifs is 2. The highest BCUT2D eigenvalue weighted by Crippen LogP contribution is 2.58. The molecular weight excluding hydrogens is 455 g/mol. The first-order valence-corrected chi connectivity index (χ1v) is 11.3. The van der Waals surface area contributed by atoms with Gasteiger partial charge in [0.25, 0.3) is 5.91 Å². The van der Waals surface area contributed by atoms with Crippen molar-refractivity contribution >= 4 is 22.7 Å². The summed E-state index contributed by atoms with van der Waals surface area (Å²) in [5.41, 5.74) is 6.72. The number of ether oxygens (including phenoxy) is 2. The van der Waals surface area contributed by atoms with Crippen molar-refractivity contribution in [1.29, 1.82) is 0 Å². The molecule has 2 aromatic rings. The molecule has 0 saturated heterocycles. The summed E-state index contributed by atoms with van der Waals surface area (Å²) in [4.78, 5) is 12.2. The van der Waals surface area contributed by atoms with Crippen LogP contribution in [0.2, 0.25) is 0 Å². The Kier molecular flexibility index (Phi) is 6.43. The molecule has 2 aliphatic rings. The smallest absolute Gasteiger partial charge is 0.273 e. The Morgan fingerprint density at radius 2 is 2.09 bits per heavy atom. The summed E-state index contributed by atoms with van der Waals surface area (Å²) in [6.45, 7) is 3.72. The van der Waals surface area contributed by atoms with Gasteiger partial charge < -0.3 is 15.2 Å². The molecule has 0 bridgehead atoms. The fourth-order valence-corrected chi connectivity index (χ4v) is 5.76. The van der Waals surface area contributed by atoms with E-state index in [-0.39, 0.29) is 23.8 Å². The fourth-order valence-electron chi connectivity index (χ4n) is 4.24. The molecule has 3 atom stereocenters. The largest absolute Gasteiger partial charge is 0.492 e. The van der Waals surface area contributed by atoms with Crippen LogP contribution in [-0.4, -0.2) is 42.3 Å². The summed E-state index contributed by atoms with van der Waals surface area (Å²) in [5.74, 6) is -2.34. The standard InChI is InChI=1S/C23H24F3N3O3S/c1-12-8-16(25)10-18-20(12)32-11-14(6-7-27)23(18)29(22(30)13(2)31-3)28-21(33-23)17-9-15(24)4-5-19(17)26/h4-5,8-10,13-14H,6-7,11,27H2,1-3H3/t13-,14+,23-/m0/s1. The van der Waals surface area contributed by atoms with E-state index >= 15 is 0 Å².